The van der Waals surface area contributed by atoms with Crippen LogP contribution in [0, 0.1) is 0 Å². The highest BCUT2D eigenvalue weighted by molar-refractivity contribution is 7.92. The Kier molecular flexibility index (Phi) is 4.70. The second-order valence-electron chi connectivity index (χ2n) is 5.00. The average Bonchev–Trinajstić information content (AvgIpc) is 2.73. The Balaban J connectivity index is 2.65. The lowest BCUT2D eigenvalue weighted by Crippen LogP contribution is -2.43. The van der Waals surface area contributed by atoms with Gasteiger partial charge in [0.05, 0.1) is 11.1 Å². The fourth-order valence-corrected chi connectivity index (χ4v) is 1.60. The third-order valence-corrected chi connectivity index (χ3v) is 5.08. The van der Waals surface area contributed by atoms with E-state index in [9.17, 15) is 13.2 Å². The molecule has 1 aromatic heterocycles. The van der Waals surface area contributed by atoms with Crippen molar-refractivity contribution in [2.75, 3.05) is 19.3 Å². The van der Waals surface area contributed by atoms with E-state index in [2.05, 4.69) is 10.3 Å². The minimum Gasteiger partial charge on any atom is -0.349 e. The van der Waals surface area contributed by atoms with Crippen LogP contribution in [0.1, 0.15) is 24.3 Å². The zero-order valence-corrected chi connectivity index (χ0v) is 12.2. The number of hydrogen-bond donors (Lipinski definition) is 2. The molecule has 0 bridgehead atoms. The topological polar surface area (TPSA) is 107 Å². The highest BCUT2D eigenvalue weighted by atomic mass is 32.2. The van der Waals surface area contributed by atoms with Gasteiger partial charge in [0.25, 0.3) is 5.91 Å². The van der Waals surface area contributed by atoms with Crippen molar-refractivity contribution in [1.29, 1.82) is 0 Å². The van der Waals surface area contributed by atoms with Crippen LogP contribution < -0.4 is 11.1 Å². The Morgan fingerprint density at radius 1 is 1.53 bits per heavy atom. The van der Waals surface area contributed by atoms with Gasteiger partial charge < -0.3 is 15.6 Å². The second-order valence-corrected chi connectivity index (χ2v) is 7.65. The first kappa shape index (κ1) is 15.6. The first-order chi connectivity index (χ1) is 8.67. The molecule has 3 N–H and O–H groups in total. The summed E-state index contributed by atoms with van der Waals surface area (Å²) in [5, 5.41) is 2.58. The maximum Gasteiger partial charge on any atom is 0.271 e. The Hall–Kier alpha value is -1.41. The van der Waals surface area contributed by atoms with Gasteiger partial charge in [-0.3, -0.25) is 4.79 Å². The SMILES string of the molecule is CC(C)(CNC(=O)c1cn(CCN)cn1)S(C)(=O)=O. The summed E-state index contributed by atoms with van der Waals surface area (Å²) in [7, 11) is -3.24. The molecule has 0 aliphatic carbocycles. The predicted octanol–water partition coefficient (Wildman–Crippen LogP) is -0.605. The summed E-state index contributed by atoms with van der Waals surface area (Å²) in [6.07, 6.45) is 4.24. The molecule has 0 unspecified atom stereocenters. The lowest BCUT2D eigenvalue weighted by molar-refractivity contribution is 0.0946. The van der Waals surface area contributed by atoms with Crippen molar-refractivity contribution >= 4 is 15.7 Å². The van der Waals surface area contributed by atoms with Crippen LogP contribution in [0.15, 0.2) is 12.5 Å². The fourth-order valence-electron chi connectivity index (χ4n) is 1.26. The number of amides is 1. The Bertz CT molecular complexity index is 548. The summed E-state index contributed by atoms with van der Waals surface area (Å²) < 4.78 is 23.7. The molecule has 0 atom stereocenters. The molecule has 8 heteroatoms. The number of carbonyl (C=O) groups is 1. The van der Waals surface area contributed by atoms with E-state index in [0.717, 1.165) is 6.26 Å². The van der Waals surface area contributed by atoms with Crippen molar-refractivity contribution in [3.05, 3.63) is 18.2 Å². The van der Waals surface area contributed by atoms with Crippen LogP contribution in [0.2, 0.25) is 0 Å². The molecule has 0 aliphatic rings. The van der Waals surface area contributed by atoms with E-state index in [4.69, 9.17) is 5.73 Å². The molecule has 1 heterocycles. The molecule has 1 rings (SSSR count). The molecule has 0 aliphatic heterocycles. The van der Waals surface area contributed by atoms with E-state index in [-0.39, 0.29) is 12.2 Å². The lowest BCUT2D eigenvalue weighted by atomic mass is 10.2. The summed E-state index contributed by atoms with van der Waals surface area (Å²) in [4.78, 5) is 15.8. The van der Waals surface area contributed by atoms with E-state index in [0.29, 0.717) is 13.1 Å². The van der Waals surface area contributed by atoms with E-state index >= 15 is 0 Å². The van der Waals surface area contributed by atoms with E-state index in [1.165, 1.54) is 6.33 Å². The molecule has 108 valence electrons. The standard InChI is InChI=1S/C11H20N4O3S/c1-11(2,19(3,17)18)7-13-10(16)9-6-15(5-4-12)8-14-9/h6,8H,4-5,7,12H2,1-3H3,(H,13,16). The van der Waals surface area contributed by atoms with Crippen LogP contribution in [-0.2, 0) is 16.4 Å². The first-order valence-corrected chi connectivity index (χ1v) is 7.76. The van der Waals surface area contributed by atoms with E-state index in [1.54, 1.807) is 24.6 Å². The monoisotopic (exact) mass is 288 g/mol. The molecule has 0 radical (unpaired) electrons. The van der Waals surface area contributed by atoms with E-state index < -0.39 is 20.5 Å². The van der Waals surface area contributed by atoms with Gasteiger partial charge in [-0.05, 0) is 13.8 Å². The third kappa shape index (κ3) is 4.03. The van der Waals surface area contributed by atoms with Crippen LogP contribution in [0.3, 0.4) is 0 Å². The van der Waals surface area contributed by atoms with Crippen LogP contribution in [0.4, 0.5) is 0 Å². The largest absolute Gasteiger partial charge is 0.349 e. The lowest BCUT2D eigenvalue weighted by Gasteiger charge is -2.22. The zero-order chi connectivity index (χ0) is 14.7. The summed E-state index contributed by atoms with van der Waals surface area (Å²) in [6, 6.07) is 0. The number of nitrogens with zero attached hydrogens (tertiary/aromatic N) is 2. The molecule has 0 saturated heterocycles. The number of nitrogens with two attached hydrogens (primary N) is 1. The van der Waals surface area contributed by atoms with Gasteiger partial charge in [0.15, 0.2) is 9.84 Å². The molecule has 1 amide bonds. The smallest absolute Gasteiger partial charge is 0.271 e. The van der Waals surface area contributed by atoms with Crippen molar-refractivity contribution in [1.82, 2.24) is 14.9 Å². The molecule has 0 aromatic carbocycles. The maximum atomic E-state index is 11.8. The molecule has 7 nitrogen and oxygen atoms in total. The van der Waals surface area contributed by atoms with Gasteiger partial charge in [0.2, 0.25) is 0 Å². The quantitative estimate of drug-likeness (QED) is 0.726. The number of sulfone groups is 1. The summed E-state index contributed by atoms with van der Waals surface area (Å²) in [5.41, 5.74) is 5.64. The van der Waals surface area contributed by atoms with Gasteiger partial charge in [0, 0.05) is 32.1 Å². The fraction of sp³-hybridized carbons (Fsp3) is 0.636. The molecule has 19 heavy (non-hydrogen) atoms. The van der Waals surface area contributed by atoms with Crippen LogP contribution in [0.25, 0.3) is 0 Å². The number of hydrogen-bond acceptors (Lipinski definition) is 5. The van der Waals surface area contributed by atoms with Gasteiger partial charge in [-0.2, -0.15) is 0 Å². The molecule has 0 fully saturated rings. The highest BCUT2D eigenvalue weighted by Gasteiger charge is 2.30. The second kappa shape index (κ2) is 5.70. The van der Waals surface area contributed by atoms with Crippen LogP contribution >= 0.6 is 0 Å². The van der Waals surface area contributed by atoms with Crippen molar-refractivity contribution in [2.45, 2.75) is 25.1 Å². The van der Waals surface area contributed by atoms with Gasteiger partial charge in [-0.15, -0.1) is 0 Å². The van der Waals surface area contributed by atoms with Crippen molar-refractivity contribution in [3.63, 3.8) is 0 Å². The molecular formula is C11H20N4O3S. The normalized spacial score (nSPS) is 12.4. The summed E-state index contributed by atoms with van der Waals surface area (Å²) in [5.74, 6) is -0.396. The summed E-state index contributed by atoms with van der Waals surface area (Å²) in [6.45, 7) is 4.20. The highest BCUT2D eigenvalue weighted by Crippen LogP contribution is 2.13. The van der Waals surface area contributed by atoms with Crippen LogP contribution in [-0.4, -0.2) is 48.0 Å². The average molecular weight is 288 g/mol. The van der Waals surface area contributed by atoms with Gasteiger partial charge in [-0.1, -0.05) is 0 Å². The van der Waals surface area contributed by atoms with Crippen molar-refractivity contribution in [2.24, 2.45) is 5.73 Å². The number of imidazole rings is 1. The molecule has 1 aromatic rings. The zero-order valence-electron chi connectivity index (χ0n) is 11.4. The minimum atomic E-state index is -3.24. The Labute approximate surface area is 113 Å². The molecular weight excluding hydrogens is 268 g/mol. The Morgan fingerprint density at radius 2 is 2.16 bits per heavy atom. The number of aromatic nitrogens is 2. The van der Waals surface area contributed by atoms with Gasteiger partial charge in [-0.25, -0.2) is 13.4 Å². The maximum absolute atomic E-state index is 11.8. The molecule has 0 spiro atoms. The minimum absolute atomic E-state index is 0.0361. The van der Waals surface area contributed by atoms with Crippen molar-refractivity contribution < 1.29 is 13.2 Å². The summed E-state index contributed by atoms with van der Waals surface area (Å²) >= 11 is 0. The van der Waals surface area contributed by atoms with Crippen LogP contribution in [0.5, 0.6) is 0 Å². The number of nitrogens with one attached hydrogen (secondary N) is 1. The third-order valence-electron chi connectivity index (χ3n) is 2.93. The van der Waals surface area contributed by atoms with E-state index in [1.807, 2.05) is 0 Å². The first-order valence-electron chi connectivity index (χ1n) is 5.87. The van der Waals surface area contributed by atoms with Gasteiger partial charge >= 0.3 is 0 Å². The number of rotatable bonds is 6. The van der Waals surface area contributed by atoms with Gasteiger partial charge in [0.1, 0.15) is 5.69 Å². The predicted molar refractivity (Wildman–Crippen MR) is 72.5 cm³/mol. The molecule has 0 saturated carbocycles. The number of carbonyl (C=O) groups excluding carboxylic acids is 1. The van der Waals surface area contributed by atoms with Crippen molar-refractivity contribution in [3.8, 4) is 0 Å². The Morgan fingerprint density at radius 3 is 2.68 bits per heavy atom.